The maximum Gasteiger partial charge on any atom is 0.212 e. The molecule has 8 nitrogen and oxygen atoms in total. The average molecular weight is 445 g/mol. The van der Waals surface area contributed by atoms with Crippen LogP contribution in [0.3, 0.4) is 0 Å². The number of rotatable bonds is 3. The van der Waals surface area contributed by atoms with Crippen molar-refractivity contribution in [2.45, 2.75) is 42.0 Å². The number of anilines is 1. The predicted molar refractivity (Wildman–Crippen MR) is 123 cm³/mol. The van der Waals surface area contributed by atoms with Gasteiger partial charge in [0.25, 0.3) is 0 Å². The quantitative estimate of drug-likeness (QED) is 0.514. The fourth-order valence-electron chi connectivity index (χ4n) is 5.09. The molecule has 32 heavy (non-hydrogen) atoms. The van der Waals surface area contributed by atoms with Gasteiger partial charge in [-0.2, -0.15) is 0 Å². The number of hydrogen-bond donors (Lipinski definition) is 1. The SMILES string of the molecule is Cc1ncccc1Sc1cnc(N2CCC3(CC2)Cc2cccnc2[C@H]3N)n2cnnc12. The number of aromatic nitrogens is 6. The van der Waals surface area contributed by atoms with Crippen LogP contribution in [-0.4, -0.2) is 42.6 Å². The average Bonchev–Trinajstić information content (AvgIpc) is 3.41. The van der Waals surface area contributed by atoms with Crippen molar-refractivity contribution in [3.8, 4) is 0 Å². The van der Waals surface area contributed by atoms with Crippen LogP contribution in [0.5, 0.6) is 0 Å². The molecule has 1 spiro atoms. The lowest BCUT2D eigenvalue weighted by Gasteiger charge is -2.42. The van der Waals surface area contributed by atoms with Crippen molar-refractivity contribution in [2.24, 2.45) is 11.1 Å². The molecule has 1 fully saturated rings. The Kier molecular flexibility index (Phi) is 4.62. The van der Waals surface area contributed by atoms with Crippen molar-refractivity contribution < 1.29 is 0 Å². The Hall–Kier alpha value is -3.04. The van der Waals surface area contributed by atoms with Gasteiger partial charge in [-0.1, -0.05) is 17.8 Å². The summed E-state index contributed by atoms with van der Waals surface area (Å²) in [6, 6.07) is 8.20. The zero-order chi connectivity index (χ0) is 21.7. The second kappa shape index (κ2) is 7.53. The molecule has 4 aromatic heterocycles. The molecule has 2 N–H and O–H groups in total. The first-order valence-electron chi connectivity index (χ1n) is 10.9. The van der Waals surface area contributed by atoms with E-state index in [1.165, 1.54) is 5.56 Å². The molecule has 6 rings (SSSR count). The monoisotopic (exact) mass is 444 g/mol. The van der Waals surface area contributed by atoms with Gasteiger partial charge in [-0.15, -0.1) is 10.2 Å². The highest BCUT2D eigenvalue weighted by molar-refractivity contribution is 7.99. The van der Waals surface area contributed by atoms with E-state index in [1.807, 2.05) is 35.9 Å². The molecule has 1 saturated heterocycles. The first-order valence-corrected chi connectivity index (χ1v) is 11.7. The topological polar surface area (TPSA) is 98.1 Å². The molecule has 0 saturated carbocycles. The molecular weight excluding hydrogens is 420 g/mol. The normalized spacial score (nSPS) is 19.6. The zero-order valence-corrected chi connectivity index (χ0v) is 18.7. The lowest BCUT2D eigenvalue weighted by atomic mass is 9.73. The van der Waals surface area contributed by atoms with E-state index in [9.17, 15) is 0 Å². The highest BCUT2D eigenvalue weighted by Gasteiger charge is 2.47. The molecule has 162 valence electrons. The Morgan fingerprint density at radius 2 is 1.88 bits per heavy atom. The lowest BCUT2D eigenvalue weighted by Crippen LogP contribution is -2.45. The van der Waals surface area contributed by atoms with Crippen LogP contribution < -0.4 is 10.6 Å². The Morgan fingerprint density at radius 3 is 2.69 bits per heavy atom. The summed E-state index contributed by atoms with van der Waals surface area (Å²) in [5, 5.41) is 8.57. The fourth-order valence-corrected chi connectivity index (χ4v) is 6.01. The van der Waals surface area contributed by atoms with Crippen molar-refractivity contribution in [1.82, 2.24) is 29.5 Å². The van der Waals surface area contributed by atoms with Crippen LogP contribution >= 0.6 is 11.8 Å². The lowest BCUT2D eigenvalue weighted by molar-refractivity contribution is 0.185. The maximum atomic E-state index is 6.69. The van der Waals surface area contributed by atoms with Gasteiger partial charge < -0.3 is 10.6 Å². The molecule has 0 radical (unpaired) electrons. The predicted octanol–water partition coefficient (Wildman–Crippen LogP) is 3.22. The van der Waals surface area contributed by atoms with E-state index in [0.717, 1.165) is 65.1 Å². The summed E-state index contributed by atoms with van der Waals surface area (Å²) in [4.78, 5) is 18.2. The summed E-state index contributed by atoms with van der Waals surface area (Å²) >= 11 is 1.62. The molecular formula is C23H24N8S. The number of nitrogens with zero attached hydrogens (tertiary/aromatic N) is 7. The minimum atomic E-state index is 0.00485. The first kappa shape index (κ1) is 19.6. The summed E-state index contributed by atoms with van der Waals surface area (Å²) in [7, 11) is 0. The minimum Gasteiger partial charge on any atom is -0.342 e. The standard InChI is InChI=1S/C23H24N8S/c1-15-17(5-3-8-25-15)32-18-13-27-22(31-14-28-29-21(18)31)30-10-6-23(7-11-30)12-16-4-2-9-26-19(16)20(23)24/h2-5,8-9,13-14,20H,6-7,10-12,24H2,1H3/t20-/m1/s1. The fraction of sp³-hybridized carbons (Fsp3) is 0.348. The van der Waals surface area contributed by atoms with Crippen LogP contribution in [0.2, 0.25) is 0 Å². The maximum absolute atomic E-state index is 6.69. The van der Waals surface area contributed by atoms with Gasteiger partial charge in [0.1, 0.15) is 6.33 Å². The van der Waals surface area contributed by atoms with Crippen LogP contribution in [0.1, 0.15) is 35.8 Å². The molecule has 1 atom stereocenters. The number of piperidine rings is 1. The minimum absolute atomic E-state index is 0.00485. The third kappa shape index (κ3) is 3.07. The number of aryl methyl sites for hydroxylation is 1. The highest BCUT2D eigenvalue weighted by Crippen LogP contribution is 2.50. The second-order valence-electron chi connectivity index (χ2n) is 8.69. The summed E-state index contributed by atoms with van der Waals surface area (Å²) < 4.78 is 2.00. The van der Waals surface area contributed by atoms with Gasteiger partial charge in [0.2, 0.25) is 5.95 Å². The summed E-state index contributed by atoms with van der Waals surface area (Å²) in [5.41, 5.74) is 11.0. The first-order chi connectivity index (χ1) is 15.6. The largest absolute Gasteiger partial charge is 0.342 e. The van der Waals surface area contributed by atoms with E-state index in [1.54, 1.807) is 24.3 Å². The van der Waals surface area contributed by atoms with Crippen molar-refractivity contribution >= 4 is 23.4 Å². The van der Waals surface area contributed by atoms with E-state index >= 15 is 0 Å². The van der Waals surface area contributed by atoms with E-state index in [-0.39, 0.29) is 11.5 Å². The molecule has 0 amide bonds. The van der Waals surface area contributed by atoms with Crippen molar-refractivity contribution in [3.05, 3.63) is 66.1 Å². The third-order valence-corrected chi connectivity index (χ3v) is 8.08. The number of fused-ring (bicyclic) bond motifs is 2. The van der Waals surface area contributed by atoms with Gasteiger partial charge >= 0.3 is 0 Å². The van der Waals surface area contributed by atoms with Crippen LogP contribution in [0.4, 0.5) is 5.95 Å². The Bertz CT molecular complexity index is 1290. The van der Waals surface area contributed by atoms with Gasteiger partial charge in [0.15, 0.2) is 5.65 Å². The van der Waals surface area contributed by atoms with Crippen LogP contribution in [-0.2, 0) is 6.42 Å². The highest BCUT2D eigenvalue weighted by atomic mass is 32.2. The molecule has 0 bridgehead atoms. The Labute approximate surface area is 190 Å². The van der Waals surface area contributed by atoms with Crippen molar-refractivity contribution in [1.29, 1.82) is 0 Å². The number of pyridine rings is 2. The summed E-state index contributed by atoms with van der Waals surface area (Å²) in [6.07, 6.45) is 10.4. The molecule has 5 heterocycles. The molecule has 0 aromatic carbocycles. The van der Waals surface area contributed by atoms with Crippen molar-refractivity contribution in [3.63, 3.8) is 0 Å². The molecule has 9 heteroatoms. The van der Waals surface area contributed by atoms with Crippen LogP contribution in [0.15, 0.2) is 59.0 Å². The summed E-state index contributed by atoms with van der Waals surface area (Å²) in [5.74, 6) is 0.884. The van der Waals surface area contributed by atoms with Crippen molar-refractivity contribution in [2.75, 3.05) is 18.0 Å². The molecule has 4 aromatic rings. The van der Waals surface area contributed by atoms with Gasteiger partial charge in [-0.25, -0.2) is 9.38 Å². The Morgan fingerprint density at radius 1 is 1.06 bits per heavy atom. The molecule has 0 unspecified atom stereocenters. The second-order valence-corrected chi connectivity index (χ2v) is 9.77. The molecule has 1 aliphatic heterocycles. The number of hydrogen-bond acceptors (Lipinski definition) is 8. The smallest absolute Gasteiger partial charge is 0.212 e. The van der Waals surface area contributed by atoms with Gasteiger partial charge in [-0.3, -0.25) is 9.97 Å². The Balaban J connectivity index is 1.25. The third-order valence-electron chi connectivity index (χ3n) is 6.92. The van der Waals surface area contributed by atoms with E-state index in [2.05, 4.69) is 37.2 Å². The van der Waals surface area contributed by atoms with Crippen LogP contribution in [0.25, 0.3) is 5.65 Å². The van der Waals surface area contributed by atoms with Gasteiger partial charge in [-0.05, 0) is 55.4 Å². The zero-order valence-electron chi connectivity index (χ0n) is 17.8. The number of nitrogens with two attached hydrogens (primary N) is 1. The van der Waals surface area contributed by atoms with E-state index in [4.69, 9.17) is 10.7 Å². The summed E-state index contributed by atoms with van der Waals surface area (Å²) in [6.45, 7) is 3.81. The van der Waals surface area contributed by atoms with Gasteiger partial charge in [0.05, 0.1) is 22.3 Å². The van der Waals surface area contributed by atoms with E-state index < -0.39 is 0 Å². The van der Waals surface area contributed by atoms with E-state index in [0.29, 0.717) is 0 Å². The van der Waals surface area contributed by atoms with Crippen LogP contribution in [0, 0.1) is 12.3 Å². The van der Waals surface area contributed by atoms with Gasteiger partial charge in [0, 0.05) is 36.6 Å². The molecule has 2 aliphatic rings. The molecule has 1 aliphatic carbocycles.